The van der Waals surface area contributed by atoms with Crippen LogP contribution in [-0.2, 0) is 9.59 Å². The number of amides is 1. The summed E-state index contributed by atoms with van der Waals surface area (Å²) in [6.45, 7) is 18.4. The van der Waals surface area contributed by atoms with Gasteiger partial charge in [-0.2, -0.15) is 0 Å². The van der Waals surface area contributed by atoms with Gasteiger partial charge in [-0.3, -0.25) is 4.79 Å². The Morgan fingerprint density at radius 1 is 1.09 bits per heavy atom. The quantitative estimate of drug-likeness (QED) is 0.602. The Hall–Kier alpha value is -0.900. The molecular weight excluding hydrogens is 288 g/mol. The molecule has 0 aromatic heterocycles. The molecule has 1 unspecified atom stereocenters. The Balaban J connectivity index is 5.01. The second kappa shape index (κ2) is 8.27. The normalized spacial score (nSPS) is 14.7. The van der Waals surface area contributed by atoms with Crippen LogP contribution in [0.25, 0.3) is 0 Å². The second-order valence-corrected chi connectivity index (χ2v) is 9.07. The summed E-state index contributed by atoms with van der Waals surface area (Å²) in [6.07, 6.45) is 3.55. The zero-order valence-corrected chi connectivity index (χ0v) is 16.7. The molecule has 0 radical (unpaired) electrons. The molecule has 136 valence electrons. The van der Waals surface area contributed by atoms with E-state index < -0.39 is 0 Å². The number of rotatable bonds is 10. The number of carbonyl (C=O) groups is 2. The van der Waals surface area contributed by atoms with Gasteiger partial charge in [0.05, 0.1) is 6.04 Å². The summed E-state index contributed by atoms with van der Waals surface area (Å²) in [5, 5.41) is 6.50. The van der Waals surface area contributed by atoms with Crippen LogP contribution in [0.15, 0.2) is 0 Å². The minimum atomic E-state index is -0.370. The smallest absolute Gasteiger partial charge is 0.226 e. The van der Waals surface area contributed by atoms with Gasteiger partial charge in [-0.15, -0.1) is 0 Å². The monoisotopic (exact) mass is 326 g/mol. The number of aldehydes is 1. The standard InChI is InChI=1S/C19H38N2O2/c1-10-11-17(4,5)16(23)21-19(8,9)13-18(6,7)15(12-22)20-14(2)3/h12,14-15,20H,10-11,13H2,1-9H3,(H,21,23). The van der Waals surface area contributed by atoms with Crippen LogP contribution in [0.4, 0.5) is 0 Å². The summed E-state index contributed by atoms with van der Waals surface area (Å²) in [5.41, 5.74) is -0.986. The lowest BCUT2D eigenvalue weighted by Gasteiger charge is -2.41. The van der Waals surface area contributed by atoms with Gasteiger partial charge in [-0.25, -0.2) is 0 Å². The molecule has 0 aromatic rings. The van der Waals surface area contributed by atoms with Gasteiger partial charge < -0.3 is 15.4 Å². The van der Waals surface area contributed by atoms with E-state index in [1.165, 1.54) is 0 Å². The molecule has 23 heavy (non-hydrogen) atoms. The lowest BCUT2D eigenvalue weighted by atomic mass is 9.74. The molecule has 4 heteroatoms. The fourth-order valence-corrected chi connectivity index (χ4v) is 3.32. The van der Waals surface area contributed by atoms with Crippen molar-refractivity contribution in [2.45, 2.75) is 99.2 Å². The highest BCUT2D eigenvalue weighted by Crippen LogP contribution is 2.32. The van der Waals surface area contributed by atoms with E-state index in [-0.39, 0.29) is 34.4 Å². The largest absolute Gasteiger partial charge is 0.351 e. The molecule has 0 saturated carbocycles. The zero-order valence-electron chi connectivity index (χ0n) is 16.7. The maximum atomic E-state index is 12.6. The van der Waals surface area contributed by atoms with E-state index in [2.05, 4.69) is 31.4 Å². The highest BCUT2D eigenvalue weighted by atomic mass is 16.2. The number of hydrogen-bond acceptors (Lipinski definition) is 3. The molecule has 2 N–H and O–H groups in total. The number of hydrogen-bond donors (Lipinski definition) is 2. The van der Waals surface area contributed by atoms with Crippen molar-refractivity contribution in [1.82, 2.24) is 10.6 Å². The molecule has 0 heterocycles. The van der Waals surface area contributed by atoms with Crippen molar-refractivity contribution in [2.24, 2.45) is 10.8 Å². The summed E-state index contributed by atoms with van der Waals surface area (Å²) in [6, 6.07) is 0.00740. The number of nitrogens with one attached hydrogen (secondary N) is 2. The average Bonchev–Trinajstić information content (AvgIpc) is 2.33. The Kier molecular flexibility index (Phi) is 7.95. The molecule has 0 aliphatic rings. The first-order chi connectivity index (χ1) is 10.3. The van der Waals surface area contributed by atoms with Crippen LogP contribution in [0, 0.1) is 10.8 Å². The Bertz CT molecular complexity index is 398. The van der Waals surface area contributed by atoms with E-state index in [1.807, 2.05) is 41.5 Å². The molecule has 0 aliphatic heterocycles. The molecule has 0 spiro atoms. The van der Waals surface area contributed by atoms with E-state index in [1.54, 1.807) is 0 Å². The van der Waals surface area contributed by atoms with E-state index in [4.69, 9.17) is 0 Å². The minimum Gasteiger partial charge on any atom is -0.351 e. The van der Waals surface area contributed by atoms with Crippen LogP contribution in [-0.4, -0.2) is 29.8 Å². The first-order valence-electron chi connectivity index (χ1n) is 8.81. The fourth-order valence-electron chi connectivity index (χ4n) is 3.32. The third-order valence-electron chi connectivity index (χ3n) is 4.33. The Morgan fingerprint density at radius 2 is 1.61 bits per heavy atom. The van der Waals surface area contributed by atoms with Crippen LogP contribution in [0.1, 0.15) is 81.6 Å². The van der Waals surface area contributed by atoms with Crippen LogP contribution in [0.2, 0.25) is 0 Å². The highest BCUT2D eigenvalue weighted by molar-refractivity contribution is 5.82. The molecule has 1 atom stereocenters. The van der Waals surface area contributed by atoms with Crippen molar-refractivity contribution in [1.29, 1.82) is 0 Å². The molecular formula is C19H38N2O2. The van der Waals surface area contributed by atoms with Gasteiger partial charge in [0, 0.05) is 17.0 Å². The fraction of sp³-hybridized carbons (Fsp3) is 0.895. The molecule has 0 rings (SSSR count). The van der Waals surface area contributed by atoms with Gasteiger partial charge in [-0.05, 0) is 32.1 Å². The summed E-state index contributed by atoms with van der Waals surface area (Å²) in [5.74, 6) is 0.0830. The van der Waals surface area contributed by atoms with Gasteiger partial charge in [-0.1, -0.05) is 54.9 Å². The van der Waals surface area contributed by atoms with E-state index >= 15 is 0 Å². The topological polar surface area (TPSA) is 58.2 Å². The molecule has 0 saturated heterocycles. The molecule has 0 fully saturated rings. The lowest BCUT2D eigenvalue weighted by molar-refractivity contribution is -0.131. The second-order valence-electron chi connectivity index (χ2n) is 9.07. The molecule has 4 nitrogen and oxygen atoms in total. The molecule has 1 amide bonds. The van der Waals surface area contributed by atoms with Gasteiger partial charge in [0.1, 0.15) is 6.29 Å². The predicted molar refractivity (Wildman–Crippen MR) is 97.4 cm³/mol. The van der Waals surface area contributed by atoms with E-state index in [0.717, 1.165) is 25.5 Å². The predicted octanol–water partition coefficient (Wildman–Crippen LogP) is 3.69. The van der Waals surface area contributed by atoms with E-state index in [0.29, 0.717) is 0 Å². The van der Waals surface area contributed by atoms with Gasteiger partial charge in [0.15, 0.2) is 0 Å². The third kappa shape index (κ3) is 7.47. The maximum absolute atomic E-state index is 12.6. The van der Waals surface area contributed by atoms with Crippen molar-refractivity contribution in [3.05, 3.63) is 0 Å². The summed E-state index contributed by atoms with van der Waals surface area (Å²) < 4.78 is 0. The summed E-state index contributed by atoms with van der Waals surface area (Å²) >= 11 is 0. The van der Waals surface area contributed by atoms with Crippen LogP contribution in [0.5, 0.6) is 0 Å². The summed E-state index contributed by atoms with van der Waals surface area (Å²) in [4.78, 5) is 24.1. The summed E-state index contributed by atoms with van der Waals surface area (Å²) in [7, 11) is 0. The van der Waals surface area contributed by atoms with Crippen molar-refractivity contribution < 1.29 is 9.59 Å². The van der Waals surface area contributed by atoms with Crippen LogP contribution >= 0.6 is 0 Å². The average molecular weight is 327 g/mol. The van der Waals surface area contributed by atoms with Gasteiger partial charge >= 0.3 is 0 Å². The Labute approximate surface area is 143 Å². The first-order valence-corrected chi connectivity index (χ1v) is 8.81. The van der Waals surface area contributed by atoms with Gasteiger partial charge in [0.25, 0.3) is 0 Å². The van der Waals surface area contributed by atoms with Crippen molar-refractivity contribution in [3.8, 4) is 0 Å². The molecule has 0 aromatic carbocycles. The number of carbonyl (C=O) groups excluding carboxylic acids is 2. The third-order valence-corrected chi connectivity index (χ3v) is 4.33. The Morgan fingerprint density at radius 3 is 2.00 bits per heavy atom. The zero-order chi connectivity index (χ0) is 18.5. The molecule has 0 bridgehead atoms. The first kappa shape index (κ1) is 22.1. The minimum absolute atomic E-state index is 0.0830. The van der Waals surface area contributed by atoms with E-state index in [9.17, 15) is 9.59 Å². The lowest BCUT2D eigenvalue weighted by Crippen LogP contribution is -2.54. The van der Waals surface area contributed by atoms with Crippen molar-refractivity contribution in [3.63, 3.8) is 0 Å². The van der Waals surface area contributed by atoms with Crippen molar-refractivity contribution in [2.75, 3.05) is 0 Å². The highest BCUT2D eigenvalue weighted by Gasteiger charge is 2.38. The van der Waals surface area contributed by atoms with Crippen molar-refractivity contribution >= 4 is 12.2 Å². The van der Waals surface area contributed by atoms with Gasteiger partial charge in [0.2, 0.25) is 5.91 Å². The van der Waals surface area contributed by atoms with Crippen LogP contribution in [0.3, 0.4) is 0 Å². The van der Waals surface area contributed by atoms with Crippen LogP contribution < -0.4 is 10.6 Å². The molecule has 0 aliphatic carbocycles. The maximum Gasteiger partial charge on any atom is 0.226 e. The SMILES string of the molecule is CCCC(C)(C)C(=O)NC(C)(C)CC(C)(C)C(C=O)NC(C)C.